The van der Waals surface area contributed by atoms with E-state index in [2.05, 4.69) is 17.4 Å². The van der Waals surface area contributed by atoms with Gasteiger partial charge in [0.1, 0.15) is 5.60 Å². The third kappa shape index (κ3) is 5.24. The van der Waals surface area contributed by atoms with Crippen LogP contribution in [0.5, 0.6) is 0 Å². The van der Waals surface area contributed by atoms with E-state index in [9.17, 15) is 9.59 Å². The normalized spacial score (nSPS) is 20.0. The van der Waals surface area contributed by atoms with E-state index in [-0.39, 0.29) is 11.9 Å². The molecule has 1 N–H and O–H groups in total. The maximum atomic E-state index is 13.2. The van der Waals surface area contributed by atoms with Gasteiger partial charge in [-0.25, -0.2) is 4.79 Å². The number of alkyl carbamates (subject to hydrolysis) is 1. The summed E-state index contributed by atoms with van der Waals surface area (Å²) in [4.78, 5) is 27.1. The van der Waals surface area contributed by atoms with E-state index in [1.165, 1.54) is 24.0 Å². The Morgan fingerprint density at radius 1 is 1.11 bits per heavy atom. The third-order valence-corrected chi connectivity index (χ3v) is 5.36. The highest BCUT2D eigenvalue weighted by atomic mass is 16.6. The zero-order valence-electron chi connectivity index (χ0n) is 16.8. The Hall–Kier alpha value is -2.04. The van der Waals surface area contributed by atoms with Gasteiger partial charge in [0, 0.05) is 24.7 Å². The van der Waals surface area contributed by atoms with Crippen molar-refractivity contribution in [2.24, 2.45) is 0 Å². The predicted octanol–water partition coefficient (Wildman–Crippen LogP) is 4.08. The zero-order valence-corrected chi connectivity index (χ0v) is 16.8. The van der Waals surface area contributed by atoms with Gasteiger partial charge in [0.05, 0.1) is 0 Å². The quantitative estimate of drug-likeness (QED) is 0.869. The number of aryl methyl sites for hydroxylation is 2. The number of carbonyl (C=O) groups excluding carboxylic acids is 2. The van der Waals surface area contributed by atoms with E-state index in [0.29, 0.717) is 6.54 Å². The van der Waals surface area contributed by atoms with Crippen LogP contribution in [-0.4, -0.2) is 41.6 Å². The van der Waals surface area contributed by atoms with Gasteiger partial charge < -0.3 is 15.0 Å². The van der Waals surface area contributed by atoms with E-state index in [4.69, 9.17) is 4.74 Å². The topological polar surface area (TPSA) is 58.6 Å². The Morgan fingerprint density at radius 2 is 1.85 bits per heavy atom. The lowest BCUT2D eigenvalue weighted by Crippen LogP contribution is -2.50. The third-order valence-electron chi connectivity index (χ3n) is 5.36. The van der Waals surface area contributed by atoms with E-state index < -0.39 is 11.7 Å². The van der Waals surface area contributed by atoms with Gasteiger partial charge in [0.25, 0.3) is 5.91 Å². The minimum absolute atomic E-state index is 0.0230. The van der Waals surface area contributed by atoms with Crippen LogP contribution in [0.15, 0.2) is 18.2 Å². The Morgan fingerprint density at radius 3 is 2.59 bits per heavy atom. The molecule has 1 aliphatic carbocycles. The molecule has 1 heterocycles. The van der Waals surface area contributed by atoms with Crippen LogP contribution < -0.4 is 5.32 Å². The van der Waals surface area contributed by atoms with Crippen LogP contribution in [0.4, 0.5) is 4.79 Å². The van der Waals surface area contributed by atoms with Crippen molar-refractivity contribution in [1.29, 1.82) is 0 Å². The number of nitrogens with one attached hydrogen (secondary N) is 1. The molecular weight excluding hydrogens is 340 g/mol. The van der Waals surface area contributed by atoms with E-state index >= 15 is 0 Å². The Labute approximate surface area is 162 Å². The van der Waals surface area contributed by atoms with Crippen molar-refractivity contribution in [3.63, 3.8) is 0 Å². The lowest BCUT2D eigenvalue weighted by atomic mass is 9.90. The molecule has 2 amide bonds. The summed E-state index contributed by atoms with van der Waals surface area (Å²) in [5.74, 6) is 0.0825. The van der Waals surface area contributed by atoms with Crippen LogP contribution in [-0.2, 0) is 17.6 Å². The first kappa shape index (κ1) is 19.7. The van der Waals surface area contributed by atoms with Crippen molar-refractivity contribution in [3.8, 4) is 0 Å². The maximum Gasteiger partial charge on any atom is 0.407 e. The van der Waals surface area contributed by atoms with Gasteiger partial charge in [-0.05, 0) is 89.0 Å². The van der Waals surface area contributed by atoms with Crippen molar-refractivity contribution in [2.45, 2.75) is 77.4 Å². The fraction of sp³-hybridized carbons (Fsp3) is 0.636. The van der Waals surface area contributed by atoms with Gasteiger partial charge in [-0.15, -0.1) is 0 Å². The molecule has 1 atom stereocenters. The summed E-state index contributed by atoms with van der Waals surface area (Å²) in [6.45, 7) is 6.72. The molecule has 0 aromatic heterocycles. The molecule has 1 unspecified atom stereocenters. The van der Waals surface area contributed by atoms with Crippen molar-refractivity contribution < 1.29 is 14.3 Å². The SMILES string of the molecule is CC(C)(C)OC(=O)NCC1CCCCN1C(=O)c1ccc2c(c1)CCCC2. The van der Waals surface area contributed by atoms with Gasteiger partial charge >= 0.3 is 6.09 Å². The number of hydrogen-bond donors (Lipinski definition) is 1. The molecule has 0 bridgehead atoms. The van der Waals surface area contributed by atoms with Crippen LogP contribution in [0.2, 0.25) is 0 Å². The van der Waals surface area contributed by atoms with Crippen molar-refractivity contribution in [2.75, 3.05) is 13.1 Å². The zero-order chi connectivity index (χ0) is 19.4. The lowest BCUT2D eigenvalue weighted by Gasteiger charge is -2.36. The van der Waals surface area contributed by atoms with Crippen molar-refractivity contribution >= 4 is 12.0 Å². The van der Waals surface area contributed by atoms with Crippen LogP contribution in [0.1, 0.15) is 74.4 Å². The number of amides is 2. The lowest BCUT2D eigenvalue weighted by molar-refractivity contribution is 0.0462. The molecule has 2 aliphatic rings. The van der Waals surface area contributed by atoms with Gasteiger partial charge in [-0.3, -0.25) is 4.79 Å². The first-order valence-corrected chi connectivity index (χ1v) is 10.2. The minimum Gasteiger partial charge on any atom is -0.444 e. The molecule has 1 aromatic rings. The van der Waals surface area contributed by atoms with E-state index in [1.807, 2.05) is 31.7 Å². The molecule has 148 valence electrons. The maximum absolute atomic E-state index is 13.2. The highest BCUT2D eigenvalue weighted by molar-refractivity contribution is 5.95. The van der Waals surface area contributed by atoms with Crippen LogP contribution >= 0.6 is 0 Å². The highest BCUT2D eigenvalue weighted by Crippen LogP contribution is 2.25. The van der Waals surface area contributed by atoms with Gasteiger partial charge in [-0.2, -0.15) is 0 Å². The standard InChI is InChI=1S/C22H32N2O3/c1-22(2,3)27-21(26)23-15-19-10-6-7-13-24(19)20(25)18-12-11-16-8-4-5-9-17(16)14-18/h11-12,14,19H,4-10,13,15H2,1-3H3,(H,23,26). The van der Waals surface area contributed by atoms with Crippen molar-refractivity contribution in [3.05, 3.63) is 34.9 Å². The molecule has 1 aromatic carbocycles. The van der Waals surface area contributed by atoms with Gasteiger partial charge in [0.15, 0.2) is 0 Å². The minimum atomic E-state index is -0.519. The van der Waals surface area contributed by atoms with E-state index in [1.54, 1.807) is 0 Å². The second-order valence-electron chi connectivity index (χ2n) is 8.72. The molecule has 0 spiro atoms. The molecule has 0 radical (unpaired) electrons. The number of nitrogens with zero attached hydrogens (tertiary/aromatic N) is 1. The Kier molecular flexibility index (Phi) is 6.08. The highest BCUT2D eigenvalue weighted by Gasteiger charge is 2.29. The molecule has 5 nitrogen and oxygen atoms in total. The summed E-state index contributed by atoms with van der Waals surface area (Å²) in [5.41, 5.74) is 2.97. The fourth-order valence-electron chi connectivity index (χ4n) is 4.03. The van der Waals surface area contributed by atoms with Crippen LogP contribution in [0.25, 0.3) is 0 Å². The molecule has 5 heteroatoms. The molecule has 1 aliphatic heterocycles. The first-order chi connectivity index (χ1) is 12.8. The molecular formula is C22H32N2O3. The summed E-state index contributed by atoms with van der Waals surface area (Å²) in [6, 6.07) is 6.21. The van der Waals surface area contributed by atoms with Crippen LogP contribution in [0.3, 0.4) is 0 Å². The predicted molar refractivity (Wildman–Crippen MR) is 106 cm³/mol. The summed E-state index contributed by atoms with van der Waals surface area (Å²) in [7, 11) is 0. The molecule has 0 saturated carbocycles. The Bertz CT molecular complexity index is 693. The number of likely N-dealkylation sites (tertiary alicyclic amines) is 1. The molecule has 1 fully saturated rings. The van der Waals surface area contributed by atoms with Gasteiger partial charge in [0.2, 0.25) is 0 Å². The average molecular weight is 373 g/mol. The largest absolute Gasteiger partial charge is 0.444 e. The van der Waals surface area contributed by atoms with Crippen molar-refractivity contribution in [1.82, 2.24) is 10.2 Å². The molecule has 27 heavy (non-hydrogen) atoms. The summed E-state index contributed by atoms with van der Waals surface area (Å²) in [5, 5.41) is 2.84. The number of rotatable bonds is 3. The van der Waals surface area contributed by atoms with E-state index in [0.717, 1.165) is 44.2 Å². The molecule has 1 saturated heterocycles. The number of ether oxygens (including phenoxy) is 1. The number of hydrogen-bond acceptors (Lipinski definition) is 3. The number of carbonyl (C=O) groups is 2. The summed E-state index contributed by atoms with van der Waals surface area (Å²) < 4.78 is 5.32. The second kappa shape index (κ2) is 8.32. The second-order valence-corrected chi connectivity index (χ2v) is 8.72. The summed E-state index contributed by atoms with van der Waals surface area (Å²) in [6.07, 6.45) is 7.22. The fourth-order valence-corrected chi connectivity index (χ4v) is 4.03. The smallest absolute Gasteiger partial charge is 0.407 e. The molecule has 3 rings (SSSR count). The van der Waals surface area contributed by atoms with Gasteiger partial charge in [-0.1, -0.05) is 6.07 Å². The number of piperidine rings is 1. The average Bonchev–Trinajstić information content (AvgIpc) is 2.64. The number of fused-ring (bicyclic) bond motifs is 1. The number of benzene rings is 1. The van der Waals surface area contributed by atoms with Crippen LogP contribution in [0, 0.1) is 0 Å². The first-order valence-electron chi connectivity index (χ1n) is 10.2. The Balaban J connectivity index is 1.66. The monoisotopic (exact) mass is 372 g/mol. The summed E-state index contributed by atoms with van der Waals surface area (Å²) >= 11 is 0.